The summed E-state index contributed by atoms with van der Waals surface area (Å²) in [4.78, 5) is 36.3. The molecule has 2 amide bonds. The molecule has 0 saturated carbocycles. The highest BCUT2D eigenvalue weighted by atomic mass is 16.6. The zero-order valence-electron chi connectivity index (χ0n) is 14.4. The molecule has 138 valence electrons. The van der Waals surface area contributed by atoms with Gasteiger partial charge in [0.05, 0.1) is 6.54 Å². The first-order valence-electron chi connectivity index (χ1n) is 8.66. The van der Waals surface area contributed by atoms with Gasteiger partial charge in [0.15, 0.2) is 0 Å². The number of carbonyl (C=O) groups is 3. The van der Waals surface area contributed by atoms with Gasteiger partial charge in [-0.25, -0.2) is 9.59 Å². The van der Waals surface area contributed by atoms with Crippen molar-refractivity contribution in [3.05, 3.63) is 59.7 Å². The Kier molecular flexibility index (Phi) is 4.27. The summed E-state index contributed by atoms with van der Waals surface area (Å²) in [7, 11) is 0. The molecule has 2 aliphatic rings. The van der Waals surface area contributed by atoms with Gasteiger partial charge in [0.2, 0.25) is 5.91 Å². The van der Waals surface area contributed by atoms with Crippen molar-refractivity contribution in [3.63, 3.8) is 0 Å². The molecule has 0 aromatic heterocycles. The first-order valence-corrected chi connectivity index (χ1v) is 8.66. The van der Waals surface area contributed by atoms with Crippen molar-refractivity contribution in [2.45, 2.75) is 12.0 Å². The summed E-state index contributed by atoms with van der Waals surface area (Å²) >= 11 is 0. The fraction of sp³-hybridized carbons (Fsp3) is 0.250. The van der Waals surface area contributed by atoms with Crippen LogP contribution in [0.5, 0.6) is 0 Å². The molecule has 1 aliphatic carbocycles. The number of carboxylic acid groups (broad SMARTS) is 1. The Morgan fingerprint density at radius 1 is 1.07 bits per heavy atom. The van der Waals surface area contributed by atoms with Crippen molar-refractivity contribution in [2.24, 2.45) is 0 Å². The minimum atomic E-state index is -1.18. The van der Waals surface area contributed by atoms with Crippen molar-refractivity contribution in [1.82, 2.24) is 10.2 Å². The number of hydrogen-bond acceptors (Lipinski definition) is 4. The van der Waals surface area contributed by atoms with Crippen LogP contribution in [0.25, 0.3) is 11.1 Å². The third kappa shape index (κ3) is 3.12. The molecule has 0 spiro atoms. The Balaban J connectivity index is 1.50. The molecule has 2 N–H and O–H groups in total. The number of hydrogen-bond donors (Lipinski definition) is 2. The van der Waals surface area contributed by atoms with E-state index in [1.807, 2.05) is 48.5 Å². The Labute approximate surface area is 155 Å². The molecule has 7 heteroatoms. The van der Waals surface area contributed by atoms with Crippen molar-refractivity contribution < 1.29 is 24.2 Å². The van der Waals surface area contributed by atoms with Crippen LogP contribution in [-0.4, -0.2) is 53.7 Å². The zero-order chi connectivity index (χ0) is 19.0. The van der Waals surface area contributed by atoms with Crippen molar-refractivity contribution >= 4 is 18.0 Å². The van der Waals surface area contributed by atoms with Crippen LogP contribution in [0.15, 0.2) is 48.5 Å². The summed E-state index contributed by atoms with van der Waals surface area (Å²) in [6.45, 7) is -0.194. The number of aliphatic carboxylic acids is 1. The molecule has 2 aromatic carbocycles. The average Bonchev–Trinajstić information content (AvgIpc) is 2.99. The monoisotopic (exact) mass is 366 g/mol. The Morgan fingerprint density at radius 2 is 1.67 bits per heavy atom. The van der Waals surface area contributed by atoms with Crippen LogP contribution in [0.3, 0.4) is 0 Å². The lowest BCUT2D eigenvalue weighted by molar-refractivity contribution is -0.144. The van der Waals surface area contributed by atoms with Gasteiger partial charge < -0.3 is 15.2 Å². The Hall–Kier alpha value is -3.35. The minimum absolute atomic E-state index is 0.0877. The smallest absolute Gasteiger partial charge is 0.410 e. The molecule has 1 fully saturated rings. The number of piperazine rings is 1. The van der Waals surface area contributed by atoms with Crippen LogP contribution in [-0.2, 0) is 14.3 Å². The second-order valence-electron chi connectivity index (χ2n) is 6.64. The SMILES string of the molecule is O=C1CN(C(=O)OCC2c3ccccc3-c3ccccc32)CC(C(=O)O)N1. The number of benzene rings is 2. The Morgan fingerprint density at radius 3 is 2.26 bits per heavy atom. The first-order chi connectivity index (χ1) is 13.0. The topological polar surface area (TPSA) is 95.9 Å². The number of amides is 2. The largest absolute Gasteiger partial charge is 0.480 e. The number of nitrogens with one attached hydrogen (secondary N) is 1. The molecule has 27 heavy (non-hydrogen) atoms. The first kappa shape index (κ1) is 17.1. The summed E-state index contributed by atoms with van der Waals surface area (Å²) in [5.74, 6) is -1.78. The van der Waals surface area contributed by atoms with Gasteiger partial charge >= 0.3 is 12.1 Å². The lowest BCUT2D eigenvalue weighted by atomic mass is 9.98. The van der Waals surface area contributed by atoms with E-state index < -0.39 is 24.0 Å². The van der Waals surface area contributed by atoms with Gasteiger partial charge in [0, 0.05) is 5.92 Å². The van der Waals surface area contributed by atoms with Crippen molar-refractivity contribution in [1.29, 1.82) is 0 Å². The molecule has 2 aromatic rings. The molecular weight excluding hydrogens is 348 g/mol. The highest BCUT2D eigenvalue weighted by Crippen LogP contribution is 2.44. The summed E-state index contributed by atoms with van der Waals surface area (Å²) in [6, 6.07) is 14.9. The van der Waals surface area contributed by atoms with Crippen LogP contribution in [0.1, 0.15) is 17.0 Å². The predicted octanol–water partition coefficient (Wildman–Crippen LogP) is 1.82. The molecule has 1 unspecified atom stereocenters. The number of ether oxygens (including phenoxy) is 1. The quantitative estimate of drug-likeness (QED) is 0.864. The molecule has 0 radical (unpaired) electrons. The molecule has 4 rings (SSSR count). The fourth-order valence-corrected chi connectivity index (χ4v) is 3.71. The van der Waals surface area contributed by atoms with E-state index in [4.69, 9.17) is 9.84 Å². The third-order valence-electron chi connectivity index (χ3n) is 4.96. The van der Waals surface area contributed by atoms with E-state index >= 15 is 0 Å². The predicted molar refractivity (Wildman–Crippen MR) is 96.2 cm³/mol. The molecule has 7 nitrogen and oxygen atoms in total. The minimum Gasteiger partial charge on any atom is -0.480 e. The third-order valence-corrected chi connectivity index (χ3v) is 4.96. The fourth-order valence-electron chi connectivity index (χ4n) is 3.71. The van der Waals surface area contributed by atoms with Gasteiger partial charge in [-0.15, -0.1) is 0 Å². The number of fused-ring (bicyclic) bond motifs is 3. The zero-order valence-corrected chi connectivity index (χ0v) is 14.4. The number of rotatable bonds is 3. The molecule has 1 heterocycles. The normalized spacial score (nSPS) is 18.4. The van der Waals surface area contributed by atoms with Gasteiger partial charge in [-0.1, -0.05) is 48.5 Å². The lowest BCUT2D eigenvalue weighted by Gasteiger charge is -2.30. The summed E-state index contributed by atoms with van der Waals surface area (Å²) < 4.78 is 5.47. The van der Waals surface area contributed by atoms with E-state index in [-0.39, 0.29) is 25.6 Å². The van der Waals surface area contributed by atoms with Gasteiger partial charge in [-0.2, -0.15) is 0 Å². The van der Waals surface area contributed by atoms with E-state index in [0.717, 1.165) is 27.2 Å². The molecular formula is C20H18N2O5. The average molecular weight is 366 g/mol. The number of nitrogens with zero attached hydrogens (tertiary/aromatic N) is 1. The highest BCUT2D eigenvalue weighted by Gasteiger charge is 2.34. The lowest BCUT2D eigenvalue weighted by Crippen LogP contribution is -2.58. The van der Waals surface area contributed by atoms with Gasteiger partial charge in [-0.05, 0) is 22.3 Å². The van der Waals surface area contributed by atoms with E-state index in [0.29, 0.717) is 0 Å². The van der Waals surface area contributed by atoms with Crippen LogP contribution in [0, 0.1) is 0 Å². The summed E-state index contributed by atoms with van der Waals surface area (Å²) in [6.07, 6.45) is -0.682. The maximum atomic E-state index is 12.4. The van der Waals surface area contributed by atoms with Crippen LogP contribution in [0.4, 0.5) is 4.79 Å². The number of carboxylic acids is 1. The van der Waals surface area contributed by atoms with E-state index in [2.05, 4.69) is 5.32 Å². The summed E-state index contributed by atoms with van der Waals surface area (Å²) in [5.41, 5.74) is 4.42. The number of carbonyl (C=O) groups excluding carboxylic acids is 2. The van der Waals surface area contributed by atoms with Gasteiger partial charge in [0.25, 0.3) is 0 Å². The molecule has 1 atom stereocenters. The van der Waals surface area contributed by atoms with Crippen LogP contribution in [0.2, 0.25) is 0 Å². The van der Waals surface area contributed by atoms with Gasteiger partial charge in [0.1, 0.15) is 19.2 Å². The van der Waals surface area contributed by atoms with E-state index in [9.17, 15) is 14.4 Å². The maximum Gasteiger partial charge on any atom is 0.410 e. The standard InChI is InChI=1S/C20H18N2O5/c23-18-10-22(9-17(21-18)19(24)25)20(26)27-11-16-14-7-3-1-5-12(14)13-6-2-4-8-15(13)16/h1-8,16-17H,9-11H2,(H,21,23)(H,24,25). The second kappa shape index (κ2) is 6.75. The van der Waals surface area contributed by atoms with Crippen LogP contribution < -0.4 is 5.32 Å². The maximum absolute atomic E-state index is 12.4. The van der Waals surface area contributed by atoms with E-state index in [1.165, 1.54) is 0 Å². The van der Waals surface area contributed by atoms with Crippen molar-refractivity contribution in [3.8, 4) is 11.1 Å². The van der Waals surface area contributed by atoms with Crippen molar-refractivity contribution in [2.75, 3.05) is 19.7 Å². The molecule has 1 aliphatic heterocycles. The van der Waals surface area contributed by atoms with Crippen LogP contribution >= 0.6 is 0 Å². The second-order valence-corrected chi connectivity index (χ2v) is 6.64. The molecule has 0 bridgehead atoms. The van der Waals surface area contributed by atoms with Gasteiger partial charge in [-0.3, -0.25) is 9.69 Å². The summed E-state index contributed by atoms with van der Waals surface area (Å²) in [5, 5.41) is 11.4. The Bertz CT molecular complexity index is 881. The molecule has 1 saturated heterocycles. The highest BCUT2D eigenvalue weighted by molar-refractivity contribution is 5.89. The van der Waals surface area contributed by atoms with E-state index in [1.54, 1.807) is 0 Å².